The van der Waals surface area contributed by atoms with Crippen LogP contribution in [-0.4, -0.2) is 36.7 Å². The first-order chi connectivity index (χ1) is 9.71. The SMILES string of the molecule is O=C(O)c1cc(S(=O)(=O)NC2(CO)CCC2)cc(F)c1Cl. The van der Waals surface area contributed by atoms with Gasteiger partial charge in [0.15, 0.2) is 0 Å². The van der Waals surface area contributed by atoms with Gasteiger partial charge < -0.3 is 10.2 Å². The van der Waals surface area contributed by atoms with E-state index in [2.05, 4.69) is 4.72 Å². The quantitative estimate of drug-likeness (QED) is 0.753. The molecule has 1 saturated carbocycles. The summed E-state index contributed by atoms with van der Waals surface area (Å²) in [5, 5.41) is 17.5. The number of halogens is 2. The van der Waals surface area contributed by atoms with Crippen molar-refractivity contribution in [2.24, 2.45) is 0 Å². The predicted octanol–water partition coefficient (Wildman–Crippen LogP) is 1.37. The van der Waals surface area contributed by atoms with Crippen molar-refractivity contribution in [3.8, 4) is 0 Å². The van der Waals surface area contributed by atoms with Crippen LogP contribution in [0.1, 0.15) is 29.6 Å². The van der Waals surface area contributed by atoms with E-state index >= 15 is 0 Å². The number of aromatic carboxylic acids is 1. The zero-order valence-electron chi connectivity index (χ0n) is 10.8. The molecule has 0 amide bonds. The predicted molar refractivity (Wildman–Crippen MR) is 72.4 cm³/mol. The molecule has 1 aliphatic carbocycles. The van der Waals surface area contributed by atoms with Crippen LogP contribution >= 0.6 is 11.6 Å². The molecule has 0 atom stereocenters. The second-order valence-corrected chi connectivity index (χ2v) is 7.03. The summed E-state index contributed by atoms with van der Waals surface area (Å²) < 4.78 is 40.3. The first-order valence-electron chi connectivity index (χ1n) is 6.08. The summed E-state index contributed by atoms with van der Waals surface area (Å²) in [4.78, 5) is 10.4. The number of carboxylic acid groups (broad SMARTS) is 1. The van der Waals surface area contributed by atoms with Crippen molar-refractivity contribution in [2.45, 2.75) is 29.7 Å². The van der Waals surface area contributed by atoms with Crippen molar-refractivity contribution in [3.05, 3.63) is 28.5 Å². The molecular formula is C12H13ClFNO5S. The van der Waals surface area contributed by atoms with Crippen LogP contribution < -0.4 is 4.72 Å². The molecule has 1 fully saturated rings. The van der Waals surface area contributed by atoms with Crippen molar-refractivity contribution in [3.63, 3.8) is 0 Å². The van der Waals surface area contributed by atoms with Crippen LogP contribution in [0.5, 0.6) is 0 Å². The Morgan fingerprint density at radius 3 is 2.48 bits per heavy atom. The fraction of sp³-hybridized carbons (Fsp3) is 0.417. The average Bonchev–Trinajstić information content (AvgIpc) is 2.36. The lowest BCUT2D eigenvalue weighted by Gasteiger charge is -2.40. The molecule has 0 unspecified atom stereocenters. The minimum absolute atomic E-state index is 0.381. The molecule has 0 aliphatic heterocycles. The van der Waals surface area contributed by atoms with Crippen molar-refractivity contribution >= 4 is 27.6 Å². The van der Waals surface area contributed by atoms with Gasteiger partial charge in [-0.1, -0.05) is 11.6 Å². The maximum absolute atomic E-state index is 13.6. The standard InChI is InChI=1S/C12H13ClFNO5S/c13-10-8(11(17)18)4-7(5-9(10)14)21(19,20)15-12(6-16)2-1-3-12/h4-5,15-16H,1-3,6H2,(H,17,18). The highest BCUT2D eigenvalue weighted by Crippen LogP contribution is 2.33. The highest BCUT2D eigenvalue weighted by Gasteiger charge is 2.40. The van der Waals surface area contributed by atoms with Gasteiger partial charge in [-0.05, 0) is 31.4 Å². The second kappa shape index (κ2) is 5.53. The lowest BCUT2D eigenvalue weighted by atomic mass is 9.78. The van der Waals surface area contributed by atoms with Crippen LogP contribution in [0.25, 0.3) is 0 Å². The number of hydrogen-bond donors (Lipinski definition) is 3. The van der Waals surface area contributed by atoms with Gasteiger partial charge in [-0.25, -0.2) is 22.3 Å². The number of carboxylic acids is 1. The number of rotatable bonds is 5. The Kier molecular flexibility index (Phi) is 4.25. The number of nitrogens with one attached hydrogen (secondary N) is 1. The van der Waals surface area contributed by atoms with Crippen LogP contribution in [0.2, 0.25) is 5.02 Å². The highest BCUT2D eigenvalue weighted by molar-refractivity contribution is 7.89. The number of sulfonamides is 1. The second-order valence-electron chi connectivity index (χ2n) is 4.97. The molecule has 1 aliphatic rings. The molecule has 3 N–H and O–H groups in total. The van der Waals surface area contributed by atoms with Crippen molar-refractivity contribution in [2.75, 3.05) is 6.61 Å². The summed E-state index contributed by atoms with van der Waals surface area (Å²) in [5.74, 6) is -2.67. The van der Waals surface area contributed by atoms with E-state index in [-0.39, 0.29) is 6.61 Å². The van der Waals surface area contributed by atoms with Gasteiger partial charge in [0.2, 0.25) is 10.0 Å². The Bertz CT molecular complexity index is 682. The van der Waals surface area contributed by atoms with E-state index in [1.54, 1.807) is 0 Å². The summed E-state index contributed by atoms with van der Waals surface area (Å²) in [6, 6.07) is 1.45. The maximum Gasteiger partial charge on any atom is 0.337 e. The van der Waals surface area contributed by atoms with E-state index in [1.165, 1.54) is 0 Å². The number of aliphatic hydroxyl groups is 1. The molecule has 6 nitrogen and oxygen atoms in total. The van der Waals surface area contributed by atoms with Crippen LogP contribution in [0.3, 0.4) is 0 Å². The Hall–Kier alpha value is -1.22. The summed E-state index contributed by atoms with van der Waals surface area (Å²) in [6.07, 6.45) is 1.69. The van der Waals surface area contributed by atoms with E-state index in [0.717, 1.165) is 12.5 Å². The fourth-order valence-electron chi connectivity index (χ4n) is 2.11. The molecule has 1 aromatic rings. The molecule has 0 saturated heterocycles. The smallest absolute Gasteiger partial charge is 0.337 e. The third-order valence-electron chi connectivity index (χ3n) is 3.51. The molecule has 1 aromatic carbocycles. The zero-order valence-corrected chi connectivity index (χ0v) is 12.3. The Morgan fingerprint density at radius 1 is 1.43 bits per heavy atom. The van der Waals surface area contributed by atoms with Crippen LogP contribution in [0.4, 0.5) is 4.39 Å². The molecule has 0 aromatic heterocycles. The third kappa shape index (κ3) is 3.03. The van der Waals surface area contributed by atoms with Crippen molar-refractivity contribution in [1.82, 2.24) is 4.72 Å². The lowest BCUT2D eigenvalue weighted by molar-refractivity contribution is 0.0696. The Balaban J connectivity index is 2.43. The average molecular weight is 338 g/mol. The van der Waals surface area contributed by atoms with E-state index in [4.69, 9.17) is 16.7 Å². The lowest BCUT2D eigenvalue weighted by Crippen LogP contribution is -2.55. The van der Waals surface area contributed by atoms with Crippen molar-refractivity contribution in [1.29, 1.82) is 0 Å². The first kappa shape index (κ1) is 16.2. The summed E-state index contributed by atoms with van der Waals surface area (Å²) in [6.45, 7) is -0.381. The van der Waals surface area contributed by atoms with E-state index in [9.17, 15) is 22.7 Å². The topological polar surface area (TPSA) is 104 Å². The van der Waals surface area contributed by atoms with Gasteiger partial charge in [0.1, 0.15) is 5.82 Å². The van der Waals surface area contributed by atoms with Gasteiger partial charge in [0.25, 0.3) is 0 Å². The van der Waals surface area contributed by atoms with E-state index in [0.29, 0.717) is 18.9 Å². The molecular weight excluding hydrogens is 325 g/mol. The van der Waals surface area contributed by atoms with Gasteiger partial charge in [-0.15, -0.1) is 0 Å². The Labute approximate surface area is 125 Å². The van der Waals surface area contributed by atoms with Crippen LogP contribution in [-0.2, 0) is 10.0 Å². The van der Waals surface area contributed by atoms with Gasteiger partial charge >= 0.3 is 5.97 Å². The molecule has 0 radical (unpaired) electrons. The van der Waals surface area contributed by atoms with Crippen LogP contribution in [0.15, 0.2) is 17.0 Å². The summed E-state index contributed by atoms with van der Waals surface area (Å²) >= 11 is 5.50. The number of carbonyl (C=O) groups is 1. The van der Waals surface area contributed by atoms with Gasteiger partial charge in [-0.3, -0.25) is 0 Å². The highest BCUT2D eigenvalue weighted by atomic mass is 35.5. The largest absolute Gasteiger partial charge is 0.478 e. The minimum Gasteiger partial charge on any atom is -0.478 e. The molecule has 116 valence electrons. The number of hydrogen-bond acceptors (Lipinski definition) is 4. The zero-order chi connectivity index (χ0) is 15.8. The van der Waals surface area contributed by atoms with Gasteiger partial charge in [-0.2, -0.15) is 0 Å². The van der Waals surface area contributed by atoms with Crippen molar-refractivity contribution < 1.29 is 27.8 Å². The maximum atomic E-state index is 13.6. The molecule has 9 heteroatoms. The molecule has 0 heterocycles. The van der Waals surface area contributed by atoms with Gasteiger partial charge in [0.05, 0.1) is 27.6 Å². The van der Waals surface area contributed by atoms with Gasteiger partial charge in [0, 0.05) is 0 Å². The van der Waals surface area contributed by atoms with E-state index < -0.39 is 42.8 Å². The monoisotopic (exact) mass is 337 g/mol. The summed E-state index contributed by atoms with van der Waals surface area (Å²) in [7, 11) is -4.16. The number of benzene rings is 1. The molecule has 21 heavy (non-hydrogen) atoms. The molecule has 0 spiro atoms. The fourth-order valence-corrected chi connectivity index (χ4v) is 3.79. The minimum atomic E-state index is -4.16. The first-order valence-corrected chi connectivity index (χ1v) is 7.94. The van der Waals surface area contributed by atoms with Crippen LogP contribution in [0, 0.1) is 5.82 Å². The Morgan fingerprint density at radius 2 is 2.05 bits per heavy atom. The normalized spacial score (nSPS) is 17.3. The molecule has 0 bridgehead atoms. The molecule has 2 rings (SSSR count). The van der Waals surface area contributed by atoms with E-state index in [1.807, 2.05) is 0 Å². The third-order valence-corrected chi connectivity index (χ3v) is 5.45. The number of aliphatic hydroxyl groups excluding tert-OH is 1. The summed E-state index contributed by atoms with van der Waals surface area (Å²) in [5.41, 5.74) is -1.60.